The Balaban J connectivity index is 2.15. The highest BCUT2D eigenvalue weighted by Gasteiger charge is 2.31. The lowest BCUT2D eigenvalue weighted by molar-refractivity contribution is -0.143. The van der Waals surface area contributed by atoms with Gasteiger partial charge in [0.1, 0.15) is 6.04 Å². The topological polar surface area (TPSA) is 78.4 Å². The van der Waals surface area contributed by atoms with Crippen LogP contribution in [-0.4, -0.2) is 29.6 Å². The van der Waals surface area contributed by atoms with Gasteiger partial charge in [0.2, 0.25) is 5.91 Å². The van der Waals surface area contributed by atoms with Gasteiger partial charge in [-0.05, 0) is 17.0 Å². The minimum absolute atomic E-state index is 0.0988. The van der Waals surface area contributed by atoms with Crippen molar-refractivity contribution in [3.05, 3.63) is 35.4 Å². The fourth-order valence-electron chi connectivity index (χ4n) is 2.67. The molecule has 1 aromatic carbocycles. The second kappa shape index (κ2) is 6.72. The number of hydrogen-bond donors (Lipinski definition) is 3. The Bertz CT molecular complexity index is 530. The summed E-state index contributed by atoms with van der Waals surface area (Å²) in [5.41, 5.74) is 2.08. The molecule has 0 saturated carbocycles. The number of carbonyl (C=O) groups is 2. The monoisotopic (exact) mass is 290 g/mol. The van der Waals surface area contributed by atoms with E-state index in [1.54, 1.807) is 0 Å². The van der Waals surface area contributed by atoms with Crippen molar-refractivity contribution in [1.29, 1.82) is 0 Å². The molecule has 5 heteroatoms. The molecule has 1 unspecified atom stereocenters. The van der Waals surface area contributed by atoms with E-state index < -0.39 is 12.0 Å². The molecule has 0 radical (unpaired) electrons. The Kier molecular flexibility index (Phi) is 4.96. The molecule has 1 aliphatic heterocycles. The van der Waals surface area contributed by atoms with Crippen LogP contribution in [0.15, 0.2) is 24.3 Å². The van der Waals surface area contributed by atoms with E-state index in [-0.39, 0.29) is 17.7 Å². The average molecular weight is 290 g/mol. The molecule has 5 nitrogen and oxygen atoms in total. The van der Waals surface area contributed by atoms with Crippen molar-refractivity contribution >= 4 is 11.9 Å². The maximum absolute atomic E-state index is 12.5. The van der Waals surface area contributed by atoms with Crippen molar-refractivity contribution in [2.75, 3.05) is 6.54 Å². The van der Waals surface area contributed by atoms with Gasteiger partial charge in [-0.15, -0.1) is 0 Å². The standard InChI is InChI=1S/C16H22N2O3/c1-3-10(2)14(16(20)21)18-15(19)13-9-17-8-11-6-4-5-7-12(11)13/h4-7,10,13-14,17H,3,8-9H2,1-2H3,(H,18,19)(H,20,21)/t10-,13?,14-/m0/s1. The number of benzene rings is 1. The first-order chi connectivity index (χ1) is 10.0. The number of aliphatic carboxylic acids is 1. The fourth-order valence-corrected chi connectivity index (χ4v) is 2.67. The lowest BCUT2D eigenvalue weighted by atomic mass is 9.89. The minimum atomic E-state index is -0.977. The van der Waals surface area contributed by atoms with Crippen LogP contribution in [0.4, 0.5) is 0 Å². The Morgan fingerprint density at radius 1 is 1.43 bits per heavy atom. The van der Waals surface area contributed by atoms with Gasteiger partial charge in [-0.1, -0.05) is 44.5 Å². The molecule has 0 saturated heterocycles. The maximum Gasteiger partial charge on any atom is 0.326 e. The van der Waals surface area contributed by atoms with Crippen LogP contribution < -0.4 is 10.6 Å². The first-order valence-corrected chi connectivity index (χ1v) is 7.36. The molecule has 0 fully saturated rings. The number of hydrogen-bond acceptors (Lipinski definition) is 3. The highest BCUT2D eigenvalue weighted by Crippen LogP contribution is 2.24. The van der Waals surface area contributed by atoms with Gasteiger partial charge >= 0.3 is 5.97 Å². The first-order valence-electron chi connectivity index (χ1n) is 7.36. The second-order valence-corrected chi connectivity index (χ2v) is 5.59. The molecule has 0 bridgehead atoms. The number of carboxylic acid groups (broad SMARTS) is 1. The summed E-state index contributed by atoms with van der Waals surface area (Å²) in [5, 5.41) is 15.2. The van der Waals surface area contributed by atoms with Gasteiger partial charge in [-0.25, -0.2) is 4.79 Å². The van der Waals surface area contributed by atoms with E-state index in [9.17, 15) is 14.7 Å². The van der Waals surface area contributed by atoms with Gasteiger partial charge in [0, 0.05) is 13.1 Å². The van der Waals surface area contributed by atoms with Crippen molar-refractivity contribution in [2.24, 2.45) is 5.92 Å². The highest BCUT2D eigenvalue weighted by molar-refractivity contribution is 5.89. The molecule has 1 heterocycles. The Morgan fingerprint density at radius 3 is 2.81 bits per heavy atom. The highest BCUT2D eigenvalue weighted by atomic mass is 16.4. The fraction of sp³-hybridized carbons (Fsp3) is 0.500. The van der Waals surface area contributed by atoms with E-state index in [4.69, 9.17) is 0 Å². The van der Waals surface area contributed by atoms with E-state index in [1.807, 2.05) is 38.1 Å². The third-order valence-electron chi connectivity index (χ3n) is 4.19. The van der Waals surface area contributed by atoms with Crippen LogP contribution in [0.1, 0.15) is 37.3 Å². The SMILES string of the molecule is CC[C@H](C)[C@H](NC(=O)C1CNCc2ccccc21)C(=O)O. The van der Waals surface area contributed by atoms with Crippen molar-refractivity contribution in [3.63, 3.8) is 0 Å². The van der Waals surface area contributed by atoms with Crippen molar-refractivity contribution in [1.82, 2.24) is 10.6 Å². The van der Waals surface area contributed by atoms with Crippen LogP contribution in [0.3, 0.4) is 0 Å². The summed E-state index contributed by atoms with van der Waals surface area (Å²) in [7, 11) is 0. The van der Waals surface area contributed by atoms with E-state index in [0.29, 0.717) is 13.0 Å². The number of rotatable bonds is 5. The predicted octanol–water partition coefficient (Wildman–Crippen LogP) is 1.49. The lowest BCUT2D eigenvalue weighted by Crippen LogP contribution is -2.49. The molecule has 21 heavy (non-hydrogen) atoms. The molecule has 1 amide bonds. The second-order valence-electron chi connectivity index (χ2n) is 5.59. The summed E-state index contributed by atoms with van der Waals surface area (Å²) in [6.07, 6.45) is 0.705. The Hall–Kier alpha value is -1.88. The zero-order chi connectivity index (χ0) is 15.4. The van der Waals surface area contributed by atoms with E-state index >= 15 is 0 Å². The van der Waals surface area contributed by atoms with E-state index in [2.05, 4.69) is 10.6 Å². The van der Waals surface area contributed by atoms with Gasteiger partial charge in [-0.3, -0.25) is 4.79 Å². The largest absolute Gasteiger partial charge is 0.480 e. The summed E-state index contributed by atoms with van der Waals surface area (Å²) in [5.74, 6) is -1.63. The summed E-state index contributed by atoms with van der Waals surface area (Å²) in [6, 6.07) is 6.95. The smallest absolute Gasteiger partial charge is 0.326 e. The quantitative estimate of drug-likeness (QED) is 0.767. The molecule has 0 spiro atoms. The van der Waals surface area contributed by atoms with E-state index in [0.717, 1.165) is 17.7 Å². The first kappa shape index (κ1) is 15.5. The van der Waals surface area contributed by atoms with Crippen LogP contribution in [0.25, 0.3) is 0 Å². The number of carbonyl (C=O) groups excluding carboxylic acids is 1. The van der Waals surface area contributed by atoms with Gasteiger partial charge in [0.05, 0.1) is 5.92 Å². The summed E-state index contributed by atoms with van der Waals surface area (Å²) in [4.78, 5) is 23.8. The van der Waals surface area contributed by atoms with Crippen molar-refractivity contribution in [3.8, 4) is 0 Å². The number of amides is 1. The number of carboxylic acids is 1. The van der Waals surface area contributed by atoms with Gasteiger partial charge in [0.25, 0.3) is 0 Å². The molecule has 2 rings (SSSR count). The Labute approximate surface area is 124 Å². The van der Waals surface area contributed by atoms with Crippen LogP contribution in [0, 0.1) is 5.92 Å². The molecule has 3 N–H and O–H groups in total. The predicted molar refractivity (Wildman–Crippen MR) is 79.9 cm³/mol. The number of nitrogens with one attached hydrogen (secondary N) is 2. The third kappa shape index (κ3) is 3.42. The van der Waals surface area contributed by atoms with Crippen LogP contribution in [-0.2, 0) is 16.1 Å². The molecular formula is C16H22N2O3. The molecule has 114 valence electrons. The molecule has 1 aliphatic rings. The average Bonchev–Trinajstić information content (AvgIpc) is 2.50. The lowest BCUT2D eigenvalue weighted by Gasteiger charge is -2.28. The van der Waals surface area contributed by atoms with Gasteiger partial charge in [0.15, 0.2) is 0 Å². The zero-order valence-electron chi connectivity index (χ0n) is 12.4. The van der Waals surface area contributed by atoms with Crippen LogP contribution >= 0.6 is 0 Å². The van der Waals surface area contributed by atoms with E-state index in [1.165, 1.54) is 0 Å². The Morgan fingerprint density at radius 2 is 2.14 bits per heavy atom. The molecule has 0 aliphatic carbocycles. The normalized spacial score (nSPS) is 20.2. The van der Waals surface area contributed by atoms with Crippen molar-refractivity contribution < 1.29 is 14.7 Å². The van der Waals surface area contributed by atoms with Crippen LogP contribution in [0.2, 0.25) is 0 Å². The molecule has 1 aromatic rings. The van der Waals surface area contributed by atoms with Gasteiger partial charge in [-0.2, -0.15) is 0 Å². The maximum atomic E-state index is 12.5. The summed E-state index contributed by atoms with van der Waals surface area (Å²) < 4.78 is 0. The molecule has 0 aromatic heterocycles. The van der Waals surface area contributed by atoms with Crippen LogP contribution in [0.5, 0.6) is 0 Å². The van der Waals surface area contributed by atoms with Gasteiger partial charge < -0.3 is 15.7 Å². The third-order valence-corrected chi connectivity index (χ3v) is 4.19. The molecular weight excluding hydrogens is 268 g/mol. The summed E-state index contributed by atoms with van der Waals surface area (Å²) >= 11 is 0. The zero-order valence-corrected chi connectivity index (χ0v) is 12.4. The number of fused-ring (bicyclic) bond motifs is 1. The van der Waals surface area contributed by atoms with Crippen molar-refractivity contribution in [2.45, 2.75) is 38.8 Å². The minimum Gasteiger partial charge on any atom is -0.480 e. The molecule has 3 atom stereocenters. The summed E-state index contributed by atoms with van der Waals surface area (Å²) in [6.45, 7) is 5.04.